The van der Waals surface area contributed by atoms with Crippen LogP contribution in [0.3, 0.4) is 0 Å². The molecule has 2 N–H and O–H groups in total. The Hall–Kier alpha value is -1.84. The van der Waals surface area contributed by atoms with Gasteiger partial charge in [0.1, 0.15) is 5.82 Å². The van der Waals surface area contributed by atoms with Gasteiger partial charge in [-0.25, -0.2) is 4.98 Å². The molecule has 1 aromatic carbocycles. The maximum Gasteiger partial charge on any atom is 0.223 e. The number of amides is 1. The number of imidazole rings is 1. The Kier molecular flexibility index (Phi) is 3.97. The van der Waals surface area contributed by atoms with Crippen LogP contribution in [0.25, 0.3) is 11.0 Å². The van der Waals surface area contributed by atoms with E-state index in [0.29, 0.717) is 6.54 Å². The first-order chi connectivity index (χ1) is 8.74. The molecule has 0 saturated carbocycles. The zero-order valence-corrected chi connectivity index (χ0v) is 10.9. The number of para-hydroxylation sites is 2. The van der Waals surface area contributed by atoms with Gasteiger partial charge in [0.05, 0.1) is 17.6 Å². The van der Waals surface area contributed by atoms with Crippen molar-refractivity contribution in [2.24, 2.45) is 5.92 Å². The maximum atomic E-state index is 11.8. The molecule has 0 aliphatic carbocycles. The van der Waals surface area contributed by atoms with Crippen LogP contribution in [-0.2, 0) is 11.3 Å². The van der Waals surface area contributed by atoms with Gasteiger partial charge in [-0.05, 0) is 25.0 Å². The Bertz CT molecular complexity index is 496. The summed E-state index contributed by atoms with van der Waals surface area (Å²) in [5.74, 6) is 1.02. The van der Waals surface area contributed by atoms with Gasteiger partial charge >= 0.3 is 0 Å². The topological polar surface area (TPSA) is 57.8 Å². The molecule has 2 rings (SSSR count). The number of carbonyl (C=O) groups excluding carboxylic acids is 1. The van der Waals surface area contributed by atoms with Crippen molar-refractivity contribution in [2.45, 2.75) is 33.2 Å². The van der Waals surface area contributed by atoms with Crippen LogP contribution in [-0.4, -0.2) is 15.9 Å². The van der Waals surface area contributed by atoms with E-state index in [1.807, 2.05) is 38.1 Å². The average molecular weight is 245 g/mol. The Morgan fingerprint density at radius 1 is 1.33 bits per heavy atom. The van der Waals surface area contributed by atoms with Crippen molar-refractivity contribution in [1.29, 1.82) is 0 Å². The van der Waals surface area contributed by atoms with Crippen LogP contribution in [0, 0.1) is 5.92 Å². The number of carbonyl (C=O) groups is 1. The number of nitrogens with one attached hydrogen (secondary N) is 2. The number of fused-ring (bicyclic) bond motifs is 1. The lowest BCUT2D eigenvalue weighted by atomic mass is 10.0. The van der Waals surface area contributed by atoms with Crippen molar-refractivity contribution >= 4 is 16.9 Å². The van der Waals surface area contributed by atoms with E-state index in [4.69, 9.17) is 0 Å². The summed E-state index contributed by atoms with van der Waals surface area (Å²) in [5.41, 5.74) is 1.94. The molecule has 0 aliphatic rings. The van der Waals surface area contributed by atoms with Crippen LogP contribution in [0.15, 0.2) is 24.3 Å². The molecular weight excluding hydrogens is 226 g/mol. The SMILES string of the molecule is CCC(CC)C(=O)NCc1nc2ccccc2[nH]1. The minimum absolute atomic E-state index is 0.106. The number of hydrogen-bond acceptors (Lipinski definition) is 2. The molecule has 0 fully saturated rings. The molecule has 0 unspecified atom stereocenters. The summed E-state index contributed by atoms with van der Waals surface area (Å²) >= 11 is 0. The van der Waals surface area contributed by atoms with Crippen LogP contribution in [0.5, 0.6) is 0 Å². The summed E-state index contributed by atoms with van der Waals surface area (Å²) in [4.78, 5) is 19.5. The first-order valence-corrected chi connectivity index (χ1v) is 6.46. The summed E-state index contributed by atoms with van der Waals surface area (Å²) in [5, 5.41) is 2.93. The monoisotopic (exact) mass is 245 g/mol. The molecule has 18 heavy (non-hydrogen) atoms. The number of hydrogen-bond donors (Lipinski definition) is 2. The van der Waals surface area contributed by atoms with Crippen molar-refractivity contribution in [3.05, 3.63) is 30.1 Å². The zero-order chi connectivity index (χ0) is 13.0. The minimum atomic E-state index is 0.106. The molecular formula is C14H19N3O. The molecule has 2 aromatic rings. The van der Waals surface area contributed by atoms with Gasteiger partial charge in [-0.3, -0.25) is 4.79 Å². The molecule has 0 bridgehead atoms. The van der Waals surface area contributed by atoms with Crippen LogP contribution in [0.4, 0.5) is 0 Å². The molecule has 4 heteroatoms. The highest BCUT2D eigenvalue weighted by Gasteiger charge is 2.13. The highest BCUT2D eigenvalue weighted by Crippen LogP contribution is 2.11. The normalized spacial score (nSPS) is 11.1. The fourth-order valence-electron chi connectivity index (χ4n) is 2.06. The van der Waals surface area contributed by atoms with E-state index >= 15 is 0 Å². The summed E-state index contributed by atoms with van der Waals surface area (Å²) in [7, 11) is 0. The lowest BCUT2D eigenvalue weighted by molar-refractivity contribution is -0.125. The van der Waals surface area contributed by atoms with Gasteiger partial charge in [0.25, 0.3) is 0 Å². The molecule has 1 aromatic heterocycles. The van der Waals surface area contributed by atoms with Crippen LogP contribution >= 0.6 is 0 Å². The maximum absolute atomic E-state index is 11.8. The van der Waals surface area contributed by atoms with Gasteiger partial charge in [-0.2, -0.15) is 0 Å². The van der Waals surface area contributed by atoms with Crippen LogP contribution in [0.1, 0.15) is 32.5 Å². The van der Waals surface area contributed by atoms with Crippen molar-refractivity contribution in [3.63, 3.8) is 0 Å². The molecule has 1 heterocycles. The molecule has 0 spiro atoms. The number of benzene rings is 1. The number of H-pyrrole nitrogens is 1. The van der Waals surface area contributed by atoms with E-state index in [1.54, 1.807) is 0 Å². The van der Waals surface area contributed by atoms with Crippen LogP contribution in [0.2, 0.25) is 0 Å². The molecule has 96 valence electrons. The van der Waals surface area contributed by atoms with Gasteiger partial charge in [-0.15, -0.1) is 0 Å². The minimum Gasteiger partial charge on any atom is -0.349 e. The largest absolute Gasteiger partial charge is 0.349 e. The summed E-state index contributed by atoms with van der Waals surface area (Å²) in [6.45, 7) is 4.54. The van der Waals surface area contributed by atoms with E-state index in [2.05, 4.69) is 15.3 Å². The van der Waals surface area contributed by atoms with Crippen molar-refractivity contribution in [1.82, 2.24) is 15.3 Å². The third kappa shape index (κ3) is 2.70. The summed E-state index contributed by atoms with van der Waals surface area (Å²) < 4.78 is 0. The number of aromatic nitrogens is 2. The van der Waals surface area contributed by atoms with Crippen molar-refractivity contribution < 1.29 is 4.79 Å². The Morgan fingerprint density at radius 3 is 2.72 bits per heavy atom. The third-order valence-corrected chi connectivity index (χ3v) is 3.22. The predicted octanol–water partition coefficient (Wildman–Crippen LogP) is 2.62. The molecule has 0 radical (unpaired) electrons. The molecule has 0 aliphatic heterocycles. The van der Waals surface area contributed by atoms with Crippen molar-refractivity contribution in [2.75, 3.05) is 0 Å². The van der Waals surface area contributed by atoms with Crippen molar-refractivity contribution in [3.8, 4) is 0 Å². The summed E-state index contributed by atoms with van der Waals surface area (Å²) in [6.07, 6.45) is 1.75. The first kappa shape index (κ1) is 12.6. The number of rotatable bonds is 5. The highest BCUT2D eigenvalue weighted by atomic mass is 16.1. The Morgan fingerprint density at radius 2 is 2.06 bits per heavy atom. The third-order valence-electron chi connectivity index (χ3n) is 3.22. The van der Waals surface area contributed by atoms with E-state index in [1.165, 1.54) is 0 Å². The van der Waals surface area contributed by atoms with Gasteiger partial charge in [0.15, 0.2) is 0 Å². The predicted molar refractivity (Wildman–Crippen MR) is 72.0 cm³/mol. The first-order valence-electron chi connectivity index (χ1n) is 6.46. The molecule has 0 saturated heterocycles. The van der Waals surface area contributed by atoms with Gasteiger partial charge in [0, 0.05) is 5.92 Å². The zero-order valence-electron chi connectivity index (χ0n) is 10.9. The smallest absolute Gasteiger partial charge is 0.223 e. The van der Waals surface area contributed by atoms with E-state index in [0.717, 1.165) is 29.7 Å². The van der Waals surface area contributed by atoms with E-state index in [-0.39, 0.29) is 11.8 Å². The van der Waals surface area contributed by atoms with Gasteiger partial charge in [0.2, 0.25) is 5.91 Å². The second-order valence-electron chi connectivity index (χ2n) is 4.43. The molecule has 0 atom stereocenters. The second-order valence-corrected chi connectivity index (χ2v) is 4.43. The lowest BCUT2D eigenvalue weighted by Crippen LogP contribution is -2.29. The van der Waals surface area contributed by atoms with Gasteiger partial charge < -0.3 is 10.3 Å². The van der Waals surface area contributed by atoms with E-state index in [9.17, 15) is 4.79 Å². The lowest BCUT2D eigenvalue weighted by Gasteiger charge is -2.11. The number of nitrogens with zero attached hydrogens (tertiary/aromatic N) is 1. The standard InChI is InChI=1S/C14H19N3O/c1-3-10(4-2)14(18)15-9-13-16-11-7-5-6-8-12(11)17-13/h5-8,10H,3-4,9H2,1-2H3,(H,15,18)(H,16,17). The Balaban J connectivity index is 1.99. The van der Waals surface area contributed by atoms with Crippen LogP contribution < -0.4 is 5.32 Å². The quantitative estimate of drug-likeness (QED) is 0.850. The number of aromatic amines is 1. The average Bonchev–Trinajstić information content (AvgIpc) is 2.80. The molecule has 1 amide bonds. The summed E-state index contributed by atoms with van der Waals surface area (Å²) in [6, 6.07) is 7.86. The molecule has 4 nitrogen and oxygen atoms in total. The fourth-order valence-corrected chi connectivity index (χ4v) is 2.06. The fraction of sp³-hybridized carbons (Fsp3) is 0.429. The van der Waals surface area contributed by atoms with E-state index < -0.39 is 0 Å². The Labute approximate surface area is 107 Å². The van der Waals surface area contributed by atoms with Gasteiger partial charge in [-0.1, -0.05) is 26.0 Å². The highest BCUT2D eigenvalue weighted by molar-refractivity contribution is 5.78. The second kappa shape index (κ2) is 5.67.